The molecule has 0 heterocycles. The molecule has 0 aromatic heterocycles. The summed E-state index contributed by atoms with van der Waals surface area (Å²) in [5.74, 6) is -8.67. The second-order valence-corrected chi connectivity index (χ2v) is 7.94. The minimum Gasteiger partial charge on any atom is -0.481 e. The normalized spacial score (nSPS) is 28.7. The van der Waals surface area contributed by atoms with Gasteiger partial charge in [-0.3, -0.25) is 19.2 Å². The lowest BCUT2D eigenvalue weighted by Crippen LogP contribution is -2.39. The third kappa shape index (κ3) is 4.71. The van der Waals surface area contributed by atoms with E-state index in [-0.39, 0.29) is 25.7 Å². The second kappa shape index (κ2) is 8.44. The molecule has 0 fully saturated rings. The first-order valence-corrected chi connectivity index (χ1v) is 9.17. The summed E-state index contributed by atoms with van der Waals surface area (Å²) in [7, 11) is 0. The minimum atomic E-state index is -1.21. The maximum absolute atomic E-state index is 12.5. The van der Waals surface area contributed by atoms with Crippen LogP contribution in [0.2, 0.25) is 0 Å². The summed E-state index contributed by atoms with van der Waals surface area (Å²) in [6, 6.07) is 0. The van der Waals surface area contributed by atoms with E-state index < -0.39 is 47.5 Å². The zero-order chi connectivity index (χ0) is 20.5. The van der Waals surface area contributed by atoms with Crippen LogP contribution in [-0.2, 0) is 23.9 Å². The van der Waals surface area contributed by atoms with Crippen LogP contribution < -0.4 is 0 Å². The van der Waals surface area contributed by atoms with Crippen molar-refractivity contribution in [2.75, 3.05) is 0 Å². The summed E-state index contributed by atoms with van der Waals surface area (Å²) in [5, 5.41) is 19.5. The predicted molar refractivity (Wildman–Crippen MR) is 95.9 cm³/mol. The van der Waals surface area contributed by atoms with Crippen molar-refractivity contribution in [1.82, 2.24) is 0 Å². The zero-order valence-electron chi connectivity index (χ0n) is 14.8. The summed E-state index contributed by atoms with van der Waals surface area (Å²) < 4.78 is 4.92. The molecule has 0 radical (unpaired) electrons. The Balaban J connectivity index is 2.17. The first kappa shape index (κ1) is 21.4. The average Bonchev–Trinajstić information content (AvgIpc) is 2.58. The van der Waals surface area contributed by atoms with E-state index in [1.54, 1.807) is 13.8 Å². The molecule has 0 amide bonds. The molecule has 7 nitrogen and oxygen atoms in total. The Morgan fingerprint density at radius 2 is 1.07 bits per heavy atom. The highest BCUT2D eigenvalue weighted by Gasteiger charge is 2.43. The van der Waals surface area contributed by atoms with E-state index in [2.05, 4.69) is 0 Å². The van der Waals surface area contributed by atoms with E-state index in [0.29, 0.717) is 21.2 Å². The first-order chi connectivity index (χ1) is 12.5. The third-order valence-corrected chi connectivity index (χ3v) is 6.14. The van der Waals surface area contributed by atoms with E-state index in [4.69, 9.17) is 27.9 Å². The fourth-order valence-electron chi connectivity index (χ4n) is 3.45. The fourth-order valence-corrected chi connectivity index (χ4v) is 3.94. The molecule has 2 aliphatic rings. The highest BCUT2D eigenvalue weighted by atomic mass is 35.5. The van der Waals surface area contributed by atoms with Gasteiger partial charge in [0.15, 0.2) is 0 Å². The summed E-state index contributed by atoms with van der Waals surface area (Å²) in [6.07, 6.45) is 0.101. The Labute approximate surface area is 166 Å². The molecule has 0 saturated carbocycles. The van der Waals surface area contributed by atoms with E-state index in [0.717, 1.165) is 0 Å². The number of ether oxygens (including phenoxy) is 1. The number of carboxylic acids is 2. The minimum absolute atomic E-state index is 0.0185. The number of carbonyl (C=O) groups is 4. The summed E-state index contributed by atoms with van der Waals surface area (Å²) in [6.45, 7) is 3.36. The maximum atomic E-state index is 12.5. The highest BCUT2D eigenvalue weighted by Crippen LogP contribution is 2.39. The van der Waals surface area contributed by atoms with Crippen LogP contribution in [0, 0.1) is 23.7 Å². The molecule has 0 aliphatic heterocycles. The molecule has 0 aromatic carbocycles. The van der Waals surface area contributed by atoms with Crippen LogP contribution >= 0.6 is 23.2 Å². The lowest BCUT2D eigenvalue weighted by atomic mass is 9.79. The molecule has 0 bridgehead atoms. The van der Waals surface area contributed by atoms with E-state index >= 15 is 0 Å². The molecular weight excluding hydrogens is 399 g/mol. The van der Waals surface area contributed by atoms with Gasteiger partial charge >= 0.3 is 23.9 Å². The van der Waals surface area contributed by atoms with Crippen LogP contribution in [0.25, 0.3) is 0 Å². The van der Waals surface area contributed by atoms with Gasteiger partial charge in [0.05, 0.1) is 23.7 Å². The van der Waals surface area contributed by atoms with Crippen LogP contribution in [0.3, 0.4) is 0 Å². The molecule has 9 heteroatoms. The maximum Gasteiger partial charge on any atom is 0.317 e. The van der Waals surface area contributed by atoms with Crippen LogP contribution in [-0.4, -0.2) is 34.1 Å². The van der Waals surface area contributed by atoms with Crippen LogP contribution in [0.5, 0.6) is 0 Å². The van der Waals surface area contributed by atoms with Crippen LogP contribution in [0.15, 0.2) is 21.2 Å². The molecule has 0 saturated heterocycles. The van der Waals surface area contributed by atoms with Gasteiger partial charge < -0.3 is 14.9 Å². The molecular formula is C18H20Cl2O7. The summed E-state index contributed by atoms with van der Waals surface area (Å²) in [5.41, 5.74) is 1.32. The Morgan fingerprint density at radius 3 is 1.37 bits per heavy atom. The molecule has 4 atom stereocenters. The van der Waals surface area contributed by atoms with Crippen LogP contribution in [0.1, 0.15) is 39.5 Å². The Bertz CT molecular complexity index is 691. The molecule has 148 valence electrons. The monoisotopic (exact) mass is 418 g/mol. The topological polar surface area (TPSA) is 118 Å². The van der Waals surface area contributed by atoms with E-state index in [9.17, 15) is 29.4 Å². The molecule has 2 N–H and O–H groups in total. The van der Waals surface area contributed by atoms with Gasteiger partial charge in [-0.2, -0.15) is 0 Å². The van der Waals surface area contributed by atoms with Crippen molar-refractivity contribution < 1.29 is 34.1 Å². The second-order valence-electron chi connectivity index (χ2n) is 7.03. The molecule has 0 aromatic rings. The number of carboxylic acid groups (broad SMARTS) is 2. The molecule has 0 spiro atoms. The largest absolute Gasteiger partial charge is 0.481 e. The molecule has 4 unspecified atom stereocenters. The zero-order valence-corrected chi connectivity index (χ0v) is 16.3. The SMILES string of the molecule is CC1=C(Cl)CC(C(=O)O)C(C(=O)OC(=O)C2CC(C)=C(Cl)CC2C(=O)O)C1. The van der Waals surface area contributed by atoms with Gasteiger partial charge in [-0.1, -0.05) is 34.3 Å². The first-order valence-electron chi connectivity index (χ1n) is 8.42. The highest BCUT2D eigenvalue weighted by molar-refractivity contribution is 6.30. The summed E-state index contributed by atoms with van der Waals surface area (Å²) >= 11 is 12.0. The van der Waals surface area contributed by atoms with Crippen molar-refractivity contribution in [3.63, 3.8) is 0 Å². The smallest absolute Gasteiger partial charge is 0.317 e. The van der Waals surface area contributed by atoms with Crippen LogP contribution in [0.4, 0.5) is 0 Å². The third-order valence-electron chi connectivity index (χ3n) is 5.19. The lowest BCUT2D eigenvalue weighted by molar-refractivity contribution is -0.172. The Morgan fingerprint density at radius 1 is 0.741 bits per heavy atom. The number of esters is 2. The van der Waals surface area contributed by atoms with Gasteiger partial charge in [0, 0.05) is 10.1 Å². The standard InChI is InChI=1S/C18H20Cl2O7/c1-7-3-11(9(15(21)22)5-13(7)19)17(25)27-18(26)12-4-8(2)14(20)6-10(12)16(23)24/h9-12H,3-6H2,1-2H3,(H,21,22)(H,23,24). The van der Waals surface area contributed by atoms with Gasteiger partial charge in [-0.15, -0.1) is 0 Å². The molecule has 2 rings (SSSR count). The number of halogens is 2. The van der Waals surface area contributed by atoms with Gasteiger partial charge in [0.2, 0.25) is 0 Å². The number of rotatable bonds is 4. The van der Waals surface area contributed by atoms with Crippen molar-refractivity contribution in [2.45, 2.75) is 39.5 Å². The Kier molecular flexibility index (Phi) is 6.70. The predicted octanol–water partition coefficient (Wildman–Crippen LogP) is 3.30. The number of carbonyl (C=O) groups excluding carboxylic acids is 2. The van der Waals surface area contributed by atoms with E-state index in [1.807, 2.05) is 0 Å². The quantitative estimate of drug-likeness (QED) is 0.530. The average molecular weight is 419 g/mol. The molecule has 27 heavy (non-hydrogen) atoms. The Hall–Kier alpha value is -1.86. The fraction of sp³-hybridized carbons (Fsp3) is 0.556. The summed E-state index contributed by atoms with van der Waals surface area (Å²) in [4.78, 5) is 47.9. The van der Waals surface area contributed by atoms with Crippen molar-refractivity contribution >= 4 is 47.1 Å². The number of hydrogen-bond acceptors (Lipinski definition) is 5. The number of allylic oxidation sites excluding steroid dienone is 4. The van der Waals surface area contributed by atoms with Gasteiger partial charge in [-0.25, -0.2) is 0 Å². The van der Waals surface area contributed by atoms with Crippen molar-refractivity contribution in [1.29, 1.82) is 0 Å². The lowest BCUT2D eigenvalue weighted by Gasteiger charge is -2.30. The number of aliphatic carboxylic acids is 2. The van der Waals surface area contributed by atoms with E-state index in [1.165, 1.54) is 0 Å². The molecule has 2 aliphatic carbocycles. The number of hydrogen-bond donors (Lipinski definition) is 2. The van der Waals surface area contributed by atoms with Gasteiger partial charge in [0.1, 0.15) is 0 Å². The van der Waals surface area contributed by atoms with Crippen molar-refractivity contribution in [3.05, 3.63) is 21.2 Å². The van der Waals surface area contributed by atoms with Crippen molar-refractivity contribution in [2.24, 2.45) is 23.7 Å². The van der Waals surface area contributed by atoms with Crippen molar-refractivity contribution in [3.8, 4) is 0 Å². The van der Waals surface area contributed by atoms with Gasteiger partial charge in [-0.05, 0) is 39.5 Å². The van der Waals surface area contributed by atoms with Gasteiger partial charge in [0.25, 0.3) is 0 Å².